The number of aromatic nitrogens is 2. The zero-order valence-electron chi connectivity index (χ0n) is 12.8. The van der Waals surface area contributed by atoms with Crippen LogP contribution in [0.5, 0.6) is 0 Å². The first-order valence-electron chi connectivity index (χ1n) is 8.08. The average Bonchev–Trinajstić information content (AvgIpc) is 2.97. The molecular formula is C18H25N3. The lowest BCUT2D eigenvalue weighted by Gasteiger charge is -2.21. The van der Waals surface area contributed by atoms with Gasteiger partial charge in [-0.15, -0.1) is 0 Å². The summed E-state index contributed by atoms with van der Waals surface area (Å²) in [5.74, 6) is 0. The Bertz CT molecular complexity index is 564. The Morgan fingerprint density at radius 2 is 1.86 bits per heavy atom. The highest BCUT2D eigenvalue weighted by molar-refractivity contribution is 5.25. The van der Waals surface area contributed by atoms with Crippen molar-refractivity contribution in [3.8, 4) is 0 Å². The van der Waals surface area contributed by atoms with E-state index in [1.165, 1.54) is 43.2 Å². The highest BCUT2D eigenvalue weighted by atomic mass is 15.3. The largest absolute Gasteiger partial charge is 0.324 e. The molecule has 0 bridgehead atoms. The zero-order valence-corrected chi connectivity index (χ0v) is 12.8. The summed E-state index contributed by atoms with van der Waals surface area (Å²) >= 11 is 0. The van der Waals surface area contributed by atoms with Gasteiger partial charge in [-0.2, -0.15) is 5.10 Å². The second kappa shape index (κ2) is 6.44. The summed E-state index contributed by atoms with van der Waals surface area (Å²) in [6, 6.07) is 11.2. The predicted octanol–water partition coefficient (Wildman–Crippen LogP) is 3.94. The Hall–Kier alpha value is -1.61. The molecule has 0 radical (unpaired) electrons. The normalized spacial score (nSPS) is 17.8. The van der Waals surface area contributed by atoms with Crippen LogP contribution >= 0.6 is 0 Å². The number of benzene rings is 1. The van der Waals surface area contributed by atoms with Gasteiger partial charge in [-0.3, -0.25) is 4.68 Å². The summed E-state index contributed by atoms with van der Waals surface area (Å²) in [7, 11) is 0. The molecule has 0 aliphatic heterocycles. The SMILES string of the molecule is Cc1ccc(C(N)Cc2ccn(C3CCCCC3)n2)cc1. The molecule has 3 rings (SSSR count). The van der Waals surface area contributed by atoms with Crippen molar-refractivity contribution in [2.75, 3.05) is 0 Å². The lowest BCUT2D eigenvalue weighted by Crippen LogP contribution is -2.16. The molecule has 1 aromatic carbocycles. The van der Waals surface area contributed by atoms with Crippen LogP contribution in [0.4, 0.5) is 0 Å². The molecule has 1 fully saturated rings. The van der Waals surface area contributed by atoms with Crippen LogP contribution in [-0.2, 0) is 6.42 Å². The highest BCUT2D eigenvalue weighted by Crippen LogP contribution is 2.27. The van der Waals surface area contributed by atoms with Gasteiger partial charge in [0.2, 0.25) is 0 Å². The summed E-state index contributed by atoms with van der Waals surface area (Å²) in [6.07, 6.45) is 9.53. The topological polar surface area (TPSA) is 43.8 Å². The molecule has 112 valence electrons. The quantitative estimate of drug-likeness (QED) is 0.923. The summed E-state index contributed by atoms with van der Waals surface area (Å²) in [5.41, 5.74) is 9.88. The number of nitrogens with zero attached hydrogens (tertiary/aromatic N) is 2. The maximum atomic E-state index is 6.32. The van der Waals surface area contributed by atoms with Crippen molar-refractivity contribution in [1.29, 1.82) is 0 Å². The van der Waals surface area contributed by atoms with Crippen LogP contribution in [-0.4, -0.2) is 9.78 Å². The Labute approximate surface area is 127 Å². The van der Waals surface area contributed by atoms with Gasteiger partial charge in [-0.1, -0.05) is 49.1 Å². The van der Waals surface area contributed by atoms with Crippen molar-refractivity contribution >= 4 is 0 Å². The third-order valence-corrected chi connectivity index (χ3v) is 4.55. The Kier molecular flexibility index (Phi) is 4.39. The van der Waals surface area contributed by atoms with Gasteiger partial charge in [-0.25, -0.2) is 0 Å². The molecule has 0 saturated heterocycles. The second-order valence-corrected chi connectivity index (χ2v) is 6.30. The number of aryl methyl sites for hydroxylation is 1. The van der Waals surface area contributed by atoms with E-state index in [4.69, 9.17) is 10.8 Å². The molecule has 3 heteroatoms. The van der Waals surface area contributed by atoms with Crippen LogP contribution in [0.1, 0.15) is 61.0 Å². The average molecular weight is 283 g/mol. The molecule has 0 amide bonds. The maximum absolute atomic E-state index is 6.32. The van der Waals surface area contributed by atoms with Crippen molar-refractivity contribution in [3.63, 3.8) is 0 Å². The molecule has 2 aromatic rings. The molecule has 1 heterocycles. The molecule has 3 nitrogen and oxygen atoms in total. The van der Waals surface area contributed by atoms with Gasteiger partial charge in [0, 0.05) is 18.7 Å². The molecule has 2 N–H and O–H groups in total. The van der Waals surface area contributed by atoms with Gasteiger partial charge in [0.05, 0.1) is 11.7 Å². The van der Waals surface area contributed by atoms with Crippen LogP contribution < -0.4 is 5.73 Å². The van der Waals surface area contributed by atoms with E-state index in [0.29, 0.717) is 6.04 Å². The Morgan fingerprint density at radius 1 is 1.14 bits per heavy atom. The minimum atomic E-state index is 0.0281. The molecule has 1 atom stereocenters. The van der Waals surface area contributed by atoms with E-state index >= 15 is 0 Å². The van der Waals surface area contributed by atoms with Gasteiger partial charge in [0.1, 0.15) is 0 Å². The molecular weight excluding hydrogens is 258 g/mol. The van der Waals surface area contributed by atoms with E-state index < -0.39 is 0 Å². The fourth-order valence-corrected chi connectivity index (χ4v) is 3.19. The summed E-state index contributed by atoms with van der Waals surface area (Å²) in [6.45, 7) is 2.10. The Balaban J connectivity index is 1.64. The van der Waals surface area contributed by atoms with Gasteiger partial charge in [0.15, 0.2) is 0 Å². The minimum Gasteiger partial charge on any atom is -0.324 e. The summed E-state index contributed by atoms with van der Waals surface area (Å²) in [5, 5.41) is 4.75. The third kappa shape index (κ3) is 3.53. The smallest absolute Gasteiger partial charge is 0.0643 e. The van der Waals surface area contributed by atoms with Crippen LogP contribution in [0, 0.1) is 6.92 Å². The molecule has 1 saturated carbocycles. The number of nitrogens with two attached hydrogens (primary N) is 1. The third-order valence-electron chi connectivity index (χ3n) is 4.55. The summed E-state index contributed by atoms with van der Waals surface area (Å²) in [4.78, 5) is 0. The molecule has 1 aliphatic carbocycles. The van der Waals surface area contributed by atoms with Crippen molar-refractivity contribution < 1.29 is 0 Å². The van der Waals surface area contributed by atoms with Crippen molar-refractivity contribution in [1.82, 2.24) is 9.78 Å². The maximum Gasteiger partial charge on any atom is 0.0643 e. The van der Waals surface area contributed by atoms with Gasteiger partial charge in [0.25, 0.3) is 0 Å². The minimum absolute atomic E-state index is 0.0281. The highest BCUT2D eigenvalue weighted by Gasteiger charge is 2.16. The first kappa shape index (κ1) is 14.3. The Morgan fingerprint density at radius 3 is 2.57 bits per heavy atom. The fourth-order valence-electron chi connectivity index (χ4n) is 3.19. The monoisotopic (exact) mass is 283 g/mol. The van der Waals surface area contributed by atoms with Crippen LogP contribution in [0.25, 0.3) is 0 Å². The first-order chi connectivity index (χ1) is 10.2. The van der Waals surface area contributed by atoms with Crippen LogP contribution in [0.2, 0.25) is 0 Å². The van der Waals surface area contributed by atoms with E-state index in [-0.39, 0.29) is 6.04 Å². The number of rotatable bonds is 4. The van der Waals surface area contributed by atoms with E-state index in [9.17, 15) is 0 Å². The predicted molar refractivity (Wildman–Crippen MR) is 86.2 cm³/mol. The van der Waals surface area contributed by atoms with Crippen LogP contribution in [0.15, 0.2) is 36.5 Å². The molecule has 1 aliphatic rings. The standard InChI is InChI=1S/C18H25N3/c1-14-7-9-15(10-8-14)18(19)13-16-11-12-21(20-16)17-5-3-2-4-6-17/h7-12,17-18H,2-6,13,19H2,1H3. The van der Waals surface area contributed by atoms with Crippen molar-refractivity contribution in [3.05, 3.63) is 53.3 Å². The van der Waals surface area contributed by atoms with Crippen molar-refractivity contribution in [2.45, 2.75) is 57.5 Å². The lowest BCUT2D eigenvalue weighted by molar-refractivity contribution is 0.328. The van der Waals surface area contributed by atoms with Gasteiger partial charge >= 0.3 is 0 Å². The molecule has 1 aromatic heterocycles. The van der Waals surface area contributed by atoms with Crippen LogP contribution in [0.3, 0.4) is 0 Å². The van der Waals surface area contributed by atoms with E-state index in [1.54, 1.807) is 0 Å². The molecule has 21 heavy (non-hydrogen) atoms. The molecule has 1 unspecified atom stereocenters. The first-order valence-corrected chi connectivity index (χ1v) is 8.08. The summed E-state index contributed by atoms with van der Waals surface area (Å²) < 4.78 is 2.16. The van der Waals surface area contributed by atoms with E-state index in [2.05, 4.69) is 48.1 Å². The number of hydrogen-bond acceptors (Lipinski definition) is 2. The van der Waals surface area contributed by atoms with Crippen molar-refractivity contribution in [2.24, 2.45) is 5.73 Å². The van der Waals surface area contributed by atoms with Gasteiger partial charge in [-0.05, 0) is 31.4 Å². The fraction of sp³-hybridized carbons (Fsp3) is 0.500. The van der Waals surface area contributed by atoms with E-state index in [0.717, 1.165) is 12.1 Å². The number of hydrogen-bond donors (Lipinski definition) is 1. The second-order valence-electron chi connectivity index (χ2n) is 6.30. The molecule has 0 spiro atoms. The van der Waals surface area contributed by atoms with E-state index in [1.807, 2.05) is 0 Å². The van der Waals surface area contributed by atoms with Gasteiger partial charge < -0.3 is 5.73 Å². The lowest BCUT2D eigenvalue weighted by atomic mass is 9.96. The zero-order chi connectivity index (χ0) is 14.7.